The van der Waals surface area contributed by atoms with E-state index in [9.17, 15) is 0 Å². The third-order valence-electron chi connectivity index (χ3n) is 3.11. The maximum Gasteiger partial charge on any atom is 0.243 e. The first-order chi connectivity index (χ1) is 7.43. The molecule has 0 bridgehead atoms. The van der Waals surface area contributed by atoms with Crippen LogP contribution in [0.3, 0.4) is 0 Å². The summed E-state index contributed by atoms with van der Waals surface area (Å²) in [6, 6.07) is 0.272. The summed E-state index contributed by atoms with van der Waals surface area (Å²) < 4.78 is 10.6. The maximum atomic E-state index is 5.31. The van der Waals surface area contributed by atoms with Gasteiger partial charge in [0.1, 0.15) is 0 Å². The van der Waals surface area contributed by atoms with Crippen LogP contribution in [-0.2, 0) is 4.74 Å². The molecule has 2 fully saturated rings. The van der Waals surface area contributed by atoms with Gasteiger partial charge in [0.2, 0.25) is 5.89 Å². The fourth-order valence-electron chi connectivity index (χ4n) is 2.19. The Kier molecular flexibility index (Phi) is 2.42. The van der Waals surface area contributed by atoms with E-state index in [4.69, 9.17) is 9.26 Å². The summed E-state index contributed by atoms with van der Waals surface area (Å²) in [6.45, 7) is 2.60. The smallest absolute Gasteiger partial charge is 0.243 e. The summed E-state index contributed by atoms with van der Waals surface area (Å²) in [5.41, 5.74) is 0. The summed E-state index contributed by atoms with van der Waals surface area (Å²) in [5, 5.41) is 7.39. The highest BCUT2D eigenvalue weighted by Crippen LogP contribution is 2.26. The van der Waals surface area contributed by atoms with E-state index in [0.29, 0.717) is 5.92 Å². The molecule has 5 heteroatoms. The molecule has 0 radical (unpaired) electrons. The molecule has 0 aromatic carbocycles. The van der Waals surface area contributed by atoms with Crippen molar-refractivity contribution in [2.75, 3.05) is 19.8 Å². The summed E-state index contributed by atoms with van der Waals surface area (Å²) in [6.07, 6.45) is 3.30. The van der Waals surface area contributed by atoms with E-state index in [1.807, 2.05) is 0 Å². The first kappa shape index (κ1) is 9.30. The van der Waals surface area contributed by atoms with Crippen molar-refractivity contribution < 1.29 is 9.26 Å². The third kappa shape index (κ3) is 1.77. The molecule has 0 saturated carbocycles. The predicted molar refractivity (Wildman–Crippen MR) is 52.5 cm³/mol. The van der Waals surface area contributed by atoms with Gasteiger partial charge in [0.05, 0.1) is 12.6 Å². The van der Waals surface area contributed by atoms with Gasteiger partial charge >= 0.3 is 0 Å². The molecule has 0 spiro atoms. The van der Waals surface area contributed by atoms with Crippen LogP contribution in [0.2, 0.25) is 0 Å². The molecule has 2 aliphatic heterocycles. The molecule has 15 heavy (non-hydrogen) atoms. The SMILES string of the molecule is C1CNC(c2nc(C3CCOC3)no2)C1. The van der Waals surface area contributed by atoms with Gasteiger partial charge in [0.25, 0.3) is 0 Å². The highest BCUT2D eigenvalue weighted by Gasteiger charge is 2.26. The molecule has 2 saturated heterocycles. The lowest BCUT2D eigenvalue weighted by Crippen LogP contribution is -2.13. The molecule has 3 heterocycles. The Labute approximate surface area is 88.2 Å². The van der Waals surface area contributed by atoms with E-state index in [1.54, 1.807) is 0 Å². The van der Waals surface area contributed by atoms with Crippen LogP contribution in [-0.4, -0.2) is 29.9 Å². The lowest BCUT2D eigenvalue weighted by atomic mass is 10.1. The van der Waals surface area contributed by atoms with Crippen molar-refractivity contribution >= 4 is 0 Å². The van der Waals surface area contributed by atoms with Crippen LogP contribution in [0.1, 0.15) is 42.9 Å². The van der Waals surface area contributed by atoms with Crippen LogP contribution in [0, 0.1) is 0 Å². The van der Waals surface area contributed by atoms with Crippen molar-refractivity contribution in [1.29, 1.82) is 0 Å². The zero-order valence-electron chi connectivity index (χ0n) is 8.61. The first-order valence-electron chi connectivity index (χ1n) is 5.58. The quantitative estimate of drug-likeness (QED) is 0.787. The van der Waals surface area contributed by atoms with E-state index in [2.05, 4.69) is 15.5 Å². The van der Waals surface area contributed by atoms with Crippen LogP contribution in [0.25, 0.3) is 0 Å². The zero-order chi connectivity index (χ0) is 10.1. The number of nitrogens with zero attached hydrogens (tertiary/aromatic N) is 2. The van der Waals surface area contributed by atoms with Crippen LogP contribution < -0.4 is 5.32 Å². The van der Waals surface area contributed by atoms with E-state index in [-0.39, 0.29) is 6.04 Å². The minimum absolute atomic E-state index is 0.272. The second-order valence-corrected chi connectivity index (χ2v) is 4.20. The topological polar surface area (TPSA) is 60.2 Å². The number of rotatable bonds is 2. The van der Waals surface area contributed by atoms with Gasteiger partial charge in [-0.05, 0) is 25.8 Å². The fraction of sp³-hybridized carbons (Fsp3) is 0.800. The normalized spacial score (nSPS) is 31.2. The molecule has 5 nitrogen and oxygen atoms in total. The molecule has 82 valence electrons. The number of aromatic nitrogens is 2. The standard InChI is InChI=1S/C10H15N3O2/c1-2-8(11-4-1)10-12-9(13-15-10)7-3-5-14-6-7/h7-8,11H,1-6H2. The first-order valence-corrected chi connectivity index (χ1v) is 5.58. The fourth-order valence-corrected chi connectivity index (χ4v) is 2.19. The van der Waals surface area contributed by atoms with Gasteiger partial charge in [-0.25, -0.2) is 0 Å². The molecule has 0 amide bonds. The molecule has 0 aliphatic carbocycles. The number of nitrogens with one attached hydrogen (secondary N) is 1. The van der Waals surface area contributed by atoms with Crippen molar-refractivity contribution in [3.05, 3.63) is 11.7 Å². The molecule has 2 atom stereocenters. The number of ether oxygens (including phenoxy) is 1. The van der Waals surface area contributed by atoms with Crippen molar-refractivity contribution in [3.8, 4) is 0 Å². The molecule has 1 aromatic heterocycles. The maximum absolute atomic E-state index is 5.31. The Morgan fingerprint density at radius 1 is 1.33 bits per heavy atom. The Hall–Kier alpha value is -0.940. The van der Waals surface area contributed by atoms with E-state index in [1.165, 1.54) is 6.42 Å². The van der Waals surface area contributed by atoms with E-state index in [0.717, 1.165) is 44.3 Å². The van der Waals surface area contributed by atoms with Crippen LogP contribution in [0.5, 0.6) is 0 Å². The highest BCUT2D eigenvalue weighted by molar-refractivity contribution is 5.01. The Morgan fingerprint density at radius 2 is 2.33 bits per heavy atom. The van der Waals surface area contributed by atoms with Gasteiger partial charge in [-0.2, -0.15) is 4.98 Å². The molecule has 3 rings (SSSR count). The lowest BCUT2D eigenvalue weighted by molar-refractivity contribution is 0.192. The third-order valence-corrected chi connectivity index (χ3v) is 3.11. The van der Waals surface area contributed by atoms with Crippen molar-refractivity contribution in [3.63, 3.8) is 0 Å². The number of hydrogen-bond acceptors (Lipinski definition) is 5. The zero-order valence-corrected chi connectivity index (χ0v) is 8.61. The molecule has 2 aliphatic rings. The second kappa shape index (κ2) is 3.90. The monoisotopic (exact) mass is 209 g/mol. The van der Waals surface area contributed by atoms with Crippen molar-refractivity contribution in [2.24, 2.45) is 0 Å². The minimum atomic E-state index is 0.272. The van der Waals surface area contributed by atoms with E-state index < -0.39 is 0 Å². The van der Waals surface area contributed by atoms with Crippen LogP contribution in [0.15, 0.2) is 4.52 Å². The van der Waals surface area contributed by atoms with E-state index >= 15 is 0 Å². The Bertz CT molecular complexity index is 297. The van der Waals surface area contributed by atoms with Gasteiger partial charge in [0, 0.05) is 12.5 Å². The van der Waals surface area contributed by atoms with Gasteiger partial charge < -0.3 is 14.6 Å². The van der Waals surface area contributed by atoms with Gasteiger partial charge in [-0.3, -0.25) is 0 Å². The molecule has 2 unspecified atom stereocenters. The molecular weight excluding hydrogens is 194 g/mol. The highest BCUT2D eigenvalue weighted by atomic mass is 16.5. The average molecular weight is 209 g/mol. The molecular formula is C10H15N3O2. The Morgan fingerprint density at radius 3 is 3.07 bits per heavy atom. The van der Waals surface area contributed by atoms with Gasteiger partial charge in [-0.15, -0.1) is 0 Å². The summed E-state index contributed by atoms with van der Waals surface area (Å²) in [5.74, 6) is 1.90. The van der Waals surface area contributed by atoms with Crippen LogP contribution >= 0.6 is 0 Å². The average Bonchev–Trinajstić information content (AvgIpc) is 3.02. The number of hydrogen-bond donors (Lipinski definition) is 1. The molecule has 1 N–H and O–H groups in total. The summed E-state index contributed by atoms with van der Waals surface area (Å²) in [4.78, 5) is 4.45. The van der Waals surface area contributed by atoms with Crippen molar-refractivity contribution in [1.82, 2.24) is 15.5 Å². The largest absolute Gasteiger partial charge is 0.381 e. The summed E-state index contributed by atoms with van der Waals surface area (Å²) in [7, 11) is 0. The van der Waals surface area contributed by atoms with Crippen molar-refractivity contribution in [2.45, 2.75) is 31.2 Å². The van der Waals surface area contributed by atoms with Gasteiger partial charge in [0.15, 0.2) is 5.82 Å². The lowest BCUT2D eigenvalue weighted by Gasteiger charge is -2.02. The van der Waals surface area contributed by atoms with Crippen LogP contribution in [0.4, 0.5) is 0 Å². The minimum Gasteiger partial charge on any atom is -0.381 e. The molecule has 1 aromatic rings. The van der Waals surface area contributed by atoms with Gasteiger partial charge in [-0.1, -0.05) is 5.16 Å². The Balaban J connectivity index is 1.74. The predicted octanol–water partition coefficient (Wildman–Crippen LogP) is 0.998. The second-order valence-electron chi connectivity index (χ2n) is 4.20. The summed E-state index contributed by atoms with van der Waals surface area (Å²) >= 11 is 0.